The van der Waals surface area contributed by atoms with E-state index in [1.807, 2.05) is 38.2 Å². The second kappa shape index (κ2) is 8.11. The molecular weight excluding hydrogens is 248 g/mol. The third-order valence-corrected chi connectivity index (χ3v) is 3.06. The molecule has 18 heavy (non-hydrogen) atoms. The first kappa shape index (κ1) is 16.9. The van der Waals surface area contributed by atoms with Gasteiger partial charge in [-0.1, -0.05) is 39.0 Å². The molecule has 102 valence electrons. The monoisotopic (exact) mass is 270 g/mol. The van der Waals surface area contributed by atoms with Gasteiger partial charge in [0.25, 0.3) is 0 Å². The van der Waals surface area contributed by atoms with E-state index in [0.29, 0.717) is 5.92 Å². The number of benzene rings is 1. The molecule has 2 N–H and O–H groups in total. The summed E-state index contributed by atoms with van der Waals surface area (Å²) < 4.78 is 0. The fourth-order valence-electron chi connectivity index (χ4n) is 1.54. The molecule has 3 nitrogen and oxygen atoms in total. The van der Waals surface area contributed by atoms with Crippen LogP contribution in [0.1, 0.15) is 26.3 Å². The van der Waals surface area contributed by atoms with Crippen molar-refractivity contribution in [1.82, 2.24) is 5.32 Å². The third-order valence-electron chi connectivity index (χ3n) is 3.06. The van der Waals surface area contributed by atoms with Crippen molar-refractivity contribution in [3.63, 3.8) is 0 Å². The Morgan fingerprint density at radius 3 is 2.39 bits per heavy atom. The highest BCUT2D eigenvalue weighted by molar-refractivity contribution is 5.93. The minimum absolute atomic E-state index is 0. The molecule has 1 aromatic carbocycles. The molecule has 1 rings (SSSR count). The van der Waals surface area contributed by atoms with Crippen LogP contribution in [0.25, 0.3) is 0 Å². The van der Waals surface area contributed by atoms with Crippen molar-refractivity contribution in [2.45, 2.75) is 27.3 Å². The van der Waals surface area contributed by atoms with Crippen LogP contribution in [0.15, 0.2) is 24.3 Å². The summed E-state index contributed by atoms with van der Waals surface area (Å²) >= 11 is 0. The lowest BCUT2D eigenvalue weighted by atomic mass is 9.97. The van der Waals surface area contributed by atoms with E-state index >= 15 is 0 Å². The Bertz CT molecular complexity index is 380. The van der Waals surface area contributed by atoms with Gasteiger partial charge < -0.3 is 10.6 Å². The van der Waals surface area contributed by atoms with Crippen LogP contribution in [-0.2, 0) is 11.3 Å². The standard InChI is InChI=1S/C14H22N2O.ClH/c1-10(2)11(3)14(17)16-13-8-6-5-7-12(13)9-15-4;/h5-8,10-11,15H,9H2,1-4H3,(H,16,17);1H. The van der Waals surface area contributed by atoms with Gasteiger partial charge in [-0.15, -0.1) is 12.4 Å². The predicted molar refractivity (Wildman–Crippen MR) is 79.1 cm³/mol. The second-order valence-electron chi connectivity index (χ2n) is 4.71. The van der Waals surface area contributed by atoms with Crippen LogP contribution < -0.4 is 10.6 Å². The van der Waals surface area contributed by atoms with Gasteiger partial charge in [0.1, 0.15) is 0 Å². The topological polar surface area (TPSA) is 41.1 Å². The Morgan fingerprint density at radius 1 is 1.22 bits per heavy atom. The zero-order chi connectivity index (χ0) is 12.8. The maximum atomic E-state index is 12.0. The number of halogens is 1. The number of anilines is 1. The number of nitrogens with one attached hydrogen (secondary N) is 2. The molecule has 0 saturated heterocycles. The van der Waals surface area contributed by atoms with Crippen molar-refractivity contribution in [2.24, 2.45) is 11.8 Å². The lowest BCUT2D eigenvalue weighted by molar-refractivity contribution is -0.120. The normalized spacial score (nSPS) is 11.8. The van der Waals surface area contributed by atoms with Crippen molar-refractivity contribution < 1.29 is 4.79 Å². The molecule has 4 heteroatoms. The zero-order valence-electron chi connectivity index (χ0n) is 11.5. The van der Waals surface area contributed by atoms with E-state index in [4.69, 9.17) is 0 Å². The van der Waals surface area contributed by atoms with Crippen LogP contribution in [0.3, 0.4) is 0 Å². The number of amides is 1. The highest BCUT2D eigenvalue weighted by Gasteiger charge is 2.17. The number of hydrogen-bond donors (Lipinski definition) is 2. The van der Waals surface area contributed by atoms with Gasteiger partial charge in [0.15, 0.2) is 0 Å². The smallest absolute Gasteiger partial charge is 0.227 e. The number of carbonyl (C=O) groups is 1. The van der Waals surface area contributed by atoms with Gasteiger partial charge in [0, 0.05) is 18.2 Å². The fraction of sp³-hybridized carbons (Fsp3) is 0.500. The summed E-state index contributed by atoms with van der Waals surface area (Å²) in [4.78, 5) is 12.0. The quantitative estimate of drug-likeness (QED) is 0.863. The first-order chi connectivity index (χ1) is 8.06. The lowest BCUT2D eigenvalue weighted by Gasteiger charge is -2.17. The molecule has 0 saturated carbocycles. The number of carbonyl (C=O) groups excluding carboxylic acids is 1. The largest absolute Gasteiger partial charge is 0.326 e. The zero-order valence-corrected chi connectivity index (χ0v) is 12.3. The van der Waals surface area contributed by atoms with E-state index in [1.165, 1.54) is 0 Å². The molecule has 0 aliphatic carbocycles. The molecule has 1 aromatic rings. The Morgan fingerprint density at radius 2 is 1.83 bits per heavy atom. The molecule has 1 atom stereocenters. The van der Waals surface area contributed by atoms with E-state index in [-0.39, 0.29) is 24.2 Å². The van der Waals surface area contributed by atoms with Gasteiger partial charge in [-0.3, -0.25) is 4.79 Å². The summed E-state index contributed by atoms with van der Waals surface area (Å²) in [5, 5.41) is 6.10. The number of para-hydroxylation sites is 1. The van der Waals surface area contributed by atoms with Gasteiger partial charge in [-0.25, -0.2) is 0 Å². The molecule has 1 amide bonds. The van der Waals surface area contributed by atoms with Gasteiger partial charge in [0.2, 0.25) is 5.91 Å². The molecule has 0 aliphatic rings. The second-order valence-corrected chi connectivity index (χ2v) is 4.71. The Balaban J connectivity index is 0.00000289. The van der Waals surface area contributed by atoms with Crippen molar-refractivity contribution in [1.29, 1.82) is 0 Å². The van der Waals surface area contributed by atoms with Crippen molar-refractivity contribution in [2.75, 3.05) is 12.4 Å². The summed E-state index contributed by atoms with van der Waals surface area (Å²) in [7, 11) is 1.90. The van der Waals surface area contributed by atoms with Gasteiger partial charge in [0.05, 0.1) is 0 Å². The van der Waals surface area contributed by atoms with Crippen LogP contribution in [0, 0.1) is 11.8 Å². The van der Waals surface area contributed by atoms with Crippen LogP contribution in [-0.4, -0.2) is 13.0 Å². The summed E-state index contributed by atoms with van der Waals surface area (Å²) in [5.41, 5.74) is 2.01. The first-order valence-electron chi connectivity index (χ1n) is 6.09. The van der Waals surface area contributed by atoms with Crippen LogP contribution >= 0.6 is 12.4 Å². The lowest BCUT2D eigenvalue weighted by Crippen LogP contribution is -2.25. The maximum absolute atomic E-state index is 12.0. The number of rotatable bonds is 5. The molecule has 0 bridgehead atoms. The average molecular weight is 271 g/mol. The fourth-order valence-corrected chi connectivity index (χ4v) is 1.54. The molecule has 0 spiro atoms. The van der Waals surface area contributed by atoms with Gasteiger partial charge in [-0.2, -0.15) is 0 Å². The number of hydrogen-bond acceptors (Lipinski definition) is 2. The predicted octanol–water partition coefficient (Wildman–Crippen LogP) is 3.06. The van der Waals surface area contributed by atoms with E-state index in [1.54, 1.807) is 0 Å². The summed E-state index contributed by atoms with van der Waals surface area (Å²) in [6, 6.07) is 7.88. The average Bonchev–Trinajstić information content (AvgIpc) is 2.30. The van der Waals surface area contributed by atoms with Crippen LogP contribution in [0.2, 0.25) is 0 Å². The van der Waals surface area contributed by atoms with E-state index in [0.717, 1.165) is 17.8 Å². The van der Waals surface area contributed by atoms with Gasteiger partial charge >= 0.3 is 0 Å². The molecule has 0 aromatic heterocycles. The van der Waals surface area contributed by atoms with E-state index in [9.17, 15) is 4.79 Å². The summed E-state index contributed by atoms with van der Waals surface area (Å²) in [6.07, 6.45) is 0. The SMILES string of the molecule is CNCc1ccccc1NC(=O)C(C)C(C)C.Cl. The Labute approximate surface area is 116 Å². The first-order valence-corrected chi connectivity index (χ1v) is 6.09. The van der Waals surface area contributed by atoms with E-state index < -0.39 is 0 Å². The summed E-state index contributed by atoms with van der Waals surface area (Å²) in [5.74, 6) is 0.465. The highest BCUT2D eigenvalue weighted by Crippen LogP contribution is 2.18. The Kier molecular flexibility index (Phi) is 7.64. The van der Waals surface area contributed by atoms with Crippen LogP contribution in [0.4, 0.5) is 5.69 Å². The van der Waals surface area contributed by atoms with Crippen molar-refractivity contribution in [3.05, 3.63) is 29.8 Å². The molecule has 0 radical (unpaired) electrons. The molecule has 0 heterocycles. The summed E-state index contributed by atoms with van der Waals surface area (Å²) in [6.45, 7) is 6.83. The Hall–Kier alpha value is -1.06. The van der Waals surface area contributed by atoms with Crippen molar-refractivity contribution in [3.8, 4) is 0 Å². The minimum atomic E-state index is 0. The third kappa shape index (κ3) is 4.67. The van der Waals surface area contributed by atoms with Crippen molar-refractivity contribution >= 4 is 24.0 Å². The molecule has 0 aliphatic heterocycles. The van der Waals surface area contributed by atoms with Crippen LogP contribution in [0.5, 0.6) is 0 Å². The molecule has 1 unspecified atom stereocenters. The van der Waals surface area contributed by atoms with Gasteiger partial charge in [-0.05, 0) is 24.6 Å². The molecular formula is C14H23ClN2O. The highest BCUT2D eigenvalue weighted by atomic mass is 35.5. The maximum Gasteiger partial charge on any atom is 0.227 e. The van der Waals surface area contributed by atoms with E-state index in [2.05, 4.69) is 24.5 Å². The molecule has 0 fully saturated rings. The minimum Gasteiger partial charge on any atom is -0.326 e.